The summed E-state index contributed by atoms with van der Waals surface area (Å²) in [6.45, 7) is 4.36. The molecule has 0 bridgehead atoms. The lowest BCUT2D eigenvalue weighted by atomic mass is 9.83. The Morgan fingerprint density at radius 3 is 2.89 bits per heavy atom. The monoisotopic (exact) mass is 373 g/mol. The predicted molar refractivity (Wildman–Crippen MR) is 112 cm³/mol. The lowest BCUT2D eigenvalue weighted by Crippen LogP contribution is -2.32. The SMILES string of the molecule is CCCC=C(OC1=C(C)CCC(c2cccc(C#N)c2)C1)c1cccc[n+]1C. The van der Waals surface area contributed by atoms with Crippen molar-refractivity contribution in [3.8, 4) is 6.07 Å². The van der Waals surface area contributed by atoms with Gasteiger partial charge in [-0.3, -0.25) is 0 Å². The molecule has 0 radical (unpaired) electrons. The second kappa shape index (κ2) is 9.37. The predicted octanol–water partition coefficient (Wildman–Crippen LogP) is 5.78. The summed E-state index contributed by atoms with van der Waals surface area (Å²) in [6, 6.07) is 16.4. The first-order chi connectivity index (χ1) is 13.6. The third-order valence-corrected chi connectivity index (χ3v) is 5.42. The van der Waals surface area contributed by atoms with Crippen LogP contribution in [0.2, 0.25) is 0 Å². The number of unbranched alkanes of at least 4 members (excludes halogenated alkanes) is 1. The van der Waals surface area contributed by atoms with Crippen LogP contribution in [0, 0.1) is 11.3 Å². The van der Waals surface area contributed by atoms with Gasteiger partial charge in [-0.05, 0) is 67.5 Å². The van der Waals surface area contributed by atoms with Crippen molar-refractivity contribution in [1.82, 2.24) is 0 Å². The van der Waals surface area contributed by atoms with Crippen LogP contribution in [-0.2, 0) is 11.8 Å². The first-order valence-electron chi connectivity index (χ1n) is 10.1. The second-order valence-electron chi connectivity index (χ2n) is 7.54. The number of pyridine rings is 1. The van der Waals surface area contributed by atoms with Crippen molar-refractivity contribution in [2.45, 2.75) is 51.9 Å². The van der Waals surface area contributed by atoms with Gasteiger partial charge in [0.1, 0.15) is 12.8 Å². The quantitative estimate of drug-likeness (QED) is 0.475. The first kappa shape index (κ1) is 19.9. The molecule has 1 heterocycles. The fourth-order valence-electron chi connectivity index (χ4n) is 3.69. The molecule has 0 aliphatic heterocycles. The van der Waals surface area contributed by atoms with Crippen LogP contribution in [-0.4, -0.2) is 0 Å². The van der Waals surface area contributed by atoms with Crippen molar-refractivity contribution in [2.24, 2.45) is 7.05 Å². The Bertz CT molecular complexity index is 934. The summed E-state index contributed by atoms with van der Waals surface area (Å²) in [7, 11) is 2.05. The van der Waals surface area contributed by atoms with Crippen LogP contribution in [0.4, 0.5) is 0 Å². The van der Waals surface area contributed by atoms with Gasteiger partial charge >= 0.3 is 0 Å². The van der Waals surface area contributed by atoms with Gasteiger partial charge in [-0.1, -0.05) is 25.5 Å². The first-order valence-corrected chi connectivity index (χ1v) is 10.1. The molecular weight excluding hydrogens is 344 g/mol. The number of allylic oxidation sites excluding steroid dienone is 3. The van der Waals surface area contributed by atoms with E-state index in [1.54, 1.807) is 0 Å². The molecule has 0 amide bonds. The normalized spacial score (nSPS) is 17.4. The van der Waals surface area contributed by atoms with Gasteiger partial charge < -0.3 is 4.74 Å². The molecule has 3 heteroatoms. The molecule has 1 unspecified atom stereocenters. The summed E-state index contributed by atoms with van der Waals surface area (Å²) < 4.78 is 8.64. The number of aryl methyl sites for hydroxylation is 1. The van der Waals surface area contributed by atoms with Crippen molar-refractivity contribution in [2.75, 3.05) is 0 Å². The molecule has 0 spiro atoms. The molecule has 1 aliphatic carbocycles. The van der Waals surface area contributed by atoms with Crippen molar-refractivity contribution >= 4 is 5.76 Å². The number of benzene rings is 1. The van der Waals surface area contributed by atoms with E-state index < -0.39 is 0 Å². The van der Waals surface area contributed by atoms with E-state index in [9.17, 15) is 5.26 Å². The number of ether oxygens (including phenoxy) is 1. The van der Waals surface area contributed by atoms with E-state index in [0.29, 0.717) is 5.92 Å². The van der Waals surface area contributed by atoms with Crippen LogP contribution in [0.1, 0.15) is 68.7 Å². The molecule has 2 aromatic rings. The average Bonchev–Trinajstić information content (AvgIpc) is 2.73. The Kier molecular flexibility index (Phi) is 6.66. The summed E-state index contributed by atoms with van der Waals surface area (Å²) in [4.78, 5) is 0. The Hall–Kier alpha value is -2.86. The number of hydrogen-bond donors (Lipinski definition) is 0. The van der Waals surface area contributed by atoms with Crippen LogP contribution in [0.3, 0.4) is 0 Å². The van der Waals surface area contributed by atoms with Crippen molar-refractivity contribution in [1.29, 1.82) is 5.26 Å². The van der Waals surface area contributed by atoms with E-state index in [1.165, 1.54) is 11.1 Å². The molecule has 0 saturated heterocycles. The van der Waals surface area contributed by atoms with Crippen LogP contribution in [0.25, 0.3) is 5.76 Å². The highest BCUT2D eigenvalue weighted by Gasteiger charge is 2.24. The Labute approximate surface area is 168 Å². The molecule has 1 aromatic carbocycles. The van der Waals surface area contributed by atoms with Gasteiger partial charge in [-0.25, -0.2) is 0 Å². The van der Waals surface area contributed by atoms with E-state index in [0.717, 1.165) is 54.9 Å². The molecular formula is C25H29N2O+. The average molecular weight is 374 g/mol. The highest BCUT2D eigenvalue weighted by molar-refractivity contribution is 5.55. The molecule has 0 N–H and O–H groups in total. The number of aromatic nitrogens is 1. The zero-order valence-corrected chi connectivity index (χ0v) is 17.1. The van der Waals surface area contributed by atoms with Gasteiger partial charge in [-0.15, -0.1) is 0 Å². The Balaban J connectivity index is 1.86. The fourth-order valence-corrected chi connectivity index (χ4v) is 3.69. The van der Waals surface area contributed by atoms with Crippen LogP contribution in [0.15, 0.2) is 66.1 Å². The second-order valence-corrected chi connectivity index (χ2v) is 7.54. The highest BCUT2D eigenvalue weighted by atomic mass is 16.5. The van der Waals surface area contributed by atoms with Crippen molar-refractivity contribution in [3.63, 3.8) is 0 Å². The maximum atomic E-state index is 9.21. The molecule has 3 nitrogen and oxygen atoms in total. The third kappa shape index (κ3) is 4.70. The van der Waals surface area contributed by atoms with Gasteiger partial charge in [0.05, 0.1) is 11.6 Å². The minimum Gasteiger partial charge on any atom is -0.455 e. The summed E-state index contributed by atoms with van der Waals surface area (Å²) in [6.07, 6.45) is 9.34. The van der Waals surface area contributed by atoms with Gasteiger partial charge in [0.15, 0.2) is 12.0 Å². The maximum Gasteiger partial charge on any atom is 0.247 e. The molecule has 28 heavy (non-hydrogen) atoms. The van der Waals surface area contributed by atoms with E-state index in [4.69, 9.17) is 4.74 Å². The van der Waals surface area contributed by atoms with Gasteiger partial charge in [0.25, 0.3) is 0 Å². The highest BCUT2D eigenvalue weighted by Crippen LogP contribution is 2.38. The van der Waals surface area contributed by atoms with E-state index in [2.05, 4.69) is 62.0 Å². The molecule has 1 atom stereocenters. The minimum atomic E-state index is 0.393. The van der Waals surface area contributed by atoms with E-state index in [1.807, 2.05) is 24.3 Å². The van der Waals surface area contributed by atoms with Crippen LogP contribution < -0.4 is 4.57 Å². The molecule has 144 valence electrons. The standard InChI is InChI=1S/C25H29N2O/c1-4-5-12-24(23-11-6-7-15-27(23)3)28-25-17-22(14-13-19(25)2)21-10-8-9-20(16-21)18-26/h6-12,15-16,22H,4-5,13-14,17H2,1-3H3/q+1. The summed E-state index contributed by atoms with van der Waals surface area (Å²) >= 11 is 0. The molecule has 1 aromatic heterocycles. The lowest BCUT2D eigenvalue weighted by Gasteiger charge is -2.26. The minimum absolute atomic E-state index is 0.393. The summed E-state index contributed by atoms with van der Waals surface area (Å²) in [5.74, 6) is 2.40. The van der Waals surface area contributed by atoms with Gasteiger partial charge in [-0.2, -0.15) is 9.83 Å². The number of nitrogens with zero attached hydrogens (tertiary/aromatic N) is 2. The van der Waals surface area contributed by atoms with Crippen LogP contribution in [0.5, 0.6) is 0 Å². The zero-order chi connectivity index (χ0) is 19.9. The molecule has 0 saturated carbocycles. The number of nitriles is 1. The van der Waals surface area contributed by atoms with Gasteiger partial charge in [0.2, 0.25) is 5.69 Å². The third-order valence-electron chi connectivity index (χ3n) is 5.42. The largest absolute Gasteiger partial charge is 0.455 e. The zero-order valence-electron chi connectivity index (χ0n) is 17.1. The number of rotatable bonds is 6. The maximum absolute atomic E-state index is 9.21. The van der Waals surface area contributed by atoms with Crippen LogP contribution >= 0.6 is 0 Å². The lowest BCUT2D eigenvalue weighted by molar-refractivity contribution is -0.674. The van der Waals surface area contributed by atoms with Crippen molar-refractivity contribution < 1.29 is 9.30 Å². The number of hydrogen-bond acceptors (Lipinski definition) is 2. The molecule has 0 fully saturated rings. The smallest absolute Gasteiger partial charge is 0.247 e. The molecule has 1 aliphatic rings. The molecule has 3 rings (SSSR count). The van der Waals surface area contributed by atoms with E-state index in [-0.39, 0.29) is 0 Å². The summed E-state index contributed by atoms with van der Waals surface area (Å²) in [5, 5.41) is 9.21. The topological polar surface area (TPSA) is 36.9 Å². The fraction of sp³-hybridized carbons (Fsp3) is 0.360. The summed E-state index contributed by atoms with van der Waals surface area (Å²) in [5.41, 5.74) is 4.38. The Morgan fingerprint density at radius 1 is 1.29 bits per heavy atom. The Morgan fingerprint density at radius 2 is 2.14 bits per heavy atom. The van der Waals surface area contributed by atoms with E-state index >= 15 is 0 Å². The van der Waals surface area contributed by atoms with Crippen molar-refractivity contribution in [3.05, 3.63) is 82.9 Å². The van der Waals surface area contributed by atoms with Gasteiger partial charge in [0, 0.05) is 18.6 Å².